The molecule has 1 saturated carbocycles. The van der Waals surface area contributed by atoms with Crippen molar-refractivity contribution in [1.82, 2.24) is 14.9 Å². The van der Waals surface area contributed by atoms with Gasteiger partial charge >= 0.3 is 0 Å². The van der Waals surface area contributed by atoms with Gasteiger partial charge in [-0.2, -0.15) is 0 Å². The quantitative estimate of drug-likeness (QED) is 0.907. The number of nitrogens with two attached hydrogens (primary N) is 1. The van der Waals surface area contributed by atoms with Crippen molar-refractivity contribution in [1.29, 1.82) is 0 Å². The van der Waals surface area contributed by atoms with Crippen LogP contribution in [0.25, 0.3) is 0 Å². The average Bonchev–Trinajstić information content (AvgIpc) is 3.15. The first kappa shape index (κ1) is 17.1. The van der Waals surface area contributed by atoms with Crippen LogP contribution in [0.15, 0.2) is 36.7 Å². The Balaban J connectivity index is 1.86. The SMILES string of the molecule is Cc1ccccc1CN(C(=O)c1cnc(C(N)=O)cn1)C1CCCC1. The first-order chi connectivity index (χ1) is 12.1. The van der Waals surface area contributed by atoms with Gasteiger partial charge in [-0.25, -0.2) is 9.97 Å². The normalized spacial score (nSPS) is 14.4. The number of aryl methyl sites for hydroxylation is 1. The van der Waals surface area contributed by atoms with E-state index in [1.165, 1.54) is 12.4 Å². The van der Waals surface area contributed by atoms with E-state index in [-0.39, 0.29) is 23.3 Å². The molecule has 3 rings (SSSR count). The number of hydrogen-bond acceptors (Lipinski definition) is 4. The molecular weight excluding hydrogens is 316 g/mol. The standard InChI is InChI=1S/C19H22N4O2/c1-13-6-2-3-7-14(13)12-23(15-8-4-5-9-15)19(25)17-11-21-16(10-22-17)18(20)24/h2-3,6-7,10-11,15H,4-5,8-9,12H2,1H3,(H2,20,24). The summed E-state index contributed by atoms with van der Waals surface area (Å²) in [5.74, 6) is -0.808. The molecule has 1 aliphatic rings. The molecule has 25 heavy (non-hydrogen) atoms. The van der Waals surface area contributed by atoms with Crippen LogP contribution in [0, 0.1) is 6.92 Å². The number of rotatable bonds is 5. The van der Waals surface area contributed by atoms with E-state index in [1.807, 2.05) is 36.1 Å². The third-order valence-electron chi connectivity index (χ3n) is 4.75. The van der Waals surface area contributed by atoms with E-state index in [0.717, 1.165) is 36.8 Å². The van der Waals surface area contributed by atoms with Crippen molar-refractivity contribution in [2.75, 3.05) is 0 Å². The number of carbonyl (C=O) groups is 2. The van der Waals surface area contributed by atoms with Crippen molar-refractivity contribution in [2.45, 2.75) is 45.2 Å². The Kier molecular flexibility index (Phi) is 5.07. The minimum atomic E-state index is -0.654. The highest BCUT2D eigenvalue weighted by Gasteiger charge is 2.28. The molecule has 0 atom stereocenters. The molecule has 130 valence electrons. The summed E-state index contributed by atoms with van der Waals surface area (Å²) in [4.78, 5) is 34.1. The monoisotopic (exact) mass is 338 g/mol. The maximum Gasteiger partial charge on any atom is 0.274 e. The Morgan fingerprint density at radius 3 is 2.36 bits per heavy atom. The van der Waals surface area contributed by atoms with Gasteiger partial charge in [0.05, 0.1) is 12.4 Å². The number of primary amides is 1. The lowest BCUT2D eigenvalue weighted by atomic mass is 10.1. The largest absolute Gasteiger partial charge is 0.364 e. The summed E-state index contributed by atoms with van der Waals surface area (Å²) < 4.78 is 0. The lowest BCUT2D eigenvalue weighted by molar-refractivity contribution is 0.0657. The summed E-state index contributed by atoms with van der Waals surface area (Å²) in [5.41, 5.74) is 7.77. The van der Waals surface area contributed by atoms with Crippen LogP contribution in [0.4, 0.5) is 0 Å². The number of nitrogens with zero attached hydrogens (tertiary/aromatic N) is 3. The molecule has 2 N–H and O–H groups in total. The maximum absolute atomic E-state index is 13.0. The average molecular weight is 338 g/mol. The summed E-state index contributed by atoms with van der Waals surface area (Å²) in [6.45, 7) is 2.60. The zero-order valence-electron chi connectivity index (χ0n) is 14.3. The minimum absolute atomic E-state index is 0.0582. The van der Waals surface area contributed by atoms with E-state index in [0.29, 0.717) is 6.54 Å². The molecule has 6 heteroatoms. The van der Waals surface area contributed by atoms with Crippen LogP contribution in [0.3, 0.4) is 0 Å². The van der Waals surface area contributed by atoms with Gasteiger partial charge in [0.1, 0.15) is 11.4 Å². The van der Waals surface area contributed by atoms with E-state index in [1.54, 1.807) is 0 Å². The van der Waals surface area contributed by atoms with E-state index in [9.17, 15) is 9.59 Å². The van der Waals surface area contributed by atoms with Gasteiger partial charge in [-0.1, -0.05) is 37.1 Å². The molecule has 0 unspecified atom stereocenters. The highest BCUT2D eigenvalue weighted by molar-refractivity contribution is 5.94. The van der Waals surface area contributed by atoms with Gasteiger partial charge in [0, 0.05) is 12.6 Å². The van der Waals surface area contributed by atoms with Gasteiger partial charge in [-0.3, -0.25) is 9.59 Å². The van der Waals surface area contributed by atoms with Crippen molar-refractivity contribution < 1.29 is 9.59 Å². The molecule has 0 spiro atoms. The van der Waals surface area contributed by atoms with Crippen molar-refractivity contribution in [2.24, 2.45) is 5.73 Å². The van der Waals surface area contributed by atoms with Crippen LogP contribution in [0.2, 0.25) is 0 Å². The van der Waals surface area contributed by atoms with E-state index in [4.69, 9.17) is 5.73 Å². The Labute approximate surface area is 147 Å². The zero-order valence-corrected chi connectivity index (χ0v) is 14.3. The van der Waals surface area contributed by atoms with Crippen molar-refractivity contribution in [3.8, 4) is 0 Å². The summed E-state index contributed by atoms with van der Waals surface area (Å²) in [5, 5.41) is 0. The van der Waals surface area contributed by atoms with Crippen LogP contribution in [0.5, 0.6) is 0 Å². The van der Waals surface area contributed by atoms with Gasteiger partial charge in [0.25, 0.3) is 11.8 Å². The van der Waals surface area contributed by atoms with Crippen LogP contribution in [0.1, 0.15) is 57.8 Å². The van der Waals surface area contributed by atoms with Gasteiger partial charge < -0.3 is 10.6 Å². The molecule has 0 bridgehead atoms. The second-order valence-corrected chi connectivity index (χ2v) is 6.45. The van der Waals surface area contributed by atoms with E-state index in [2.05, 4.69) is 9.97 Å². The first-order valence-electron chi connectivity index (χ1n) is 8.53. The van der Waals surface area contributed by atoms with Gasteiger partial charge in [-0.05, 0) is 30.9 Å². The molecule has 1 aromatic carbocycles. The zero-order chi connectivity index (χ0) is 17.8. The summed E-state index contributed by atoms with van der Waals surface area (Å²) in [7, 11) is 0. The van der Waals surface area contributed by atoms with Crippen molar-refractivity contribution in [3.63, 3.8) is 0 Å². The van der Waals surface area contributed by atoms with E-state index >= 15 is 0 Å². The number of aromatic nitrogens is 2. The fraction of sp³-hybridized carbons (Fsp3) is 0.368. The fourth-order valence-electron chi connectivity index (χ4n) is 3.27. The topological polar surface area (TPSA) is 89.2 Å². The molecule has 2 amide bonds. The molecule has 0 saturated heterocycles. The Bertz CT molecular complexity index is 767. The molecule has 0 aliphatic heterocycles. The molecule has 6 nitrogen and oxygen atoms in total. The number of benzene rings is 1. The Morgan fingerprint density at radius 2 is 1.76 bits per heavy atom. The van der Waals surface area contributed by atoms with Gasteiger partial charge in [0.15, 0.2) is 0 Å². The Hall–Kier alpha value is -2.76. The highest BCUT2D eigenvalue weighted by atomic mass is 16.2. The predicted molar refractivity (Wildman–Crippen MR) is 93.9 cm³/mol. The molecule has 0 radical (unpaired) electrons. The summed E-state index contributed by atoms with van der Waals surface area (Å²) in [6.07, 6.45) is 6.87. The number of carbonyl (C=O) groups excluding carboxylic acids is 2. The smallest absolute Gasteiger partial charge is 0.274 e. The Morgan fingerprint density at radius 1 is 1.12 bits per heavy atom. The lowest BCUT2D eigenvalue weighted by Crippen LogP contribution is -2.39. The molecule has 1 aliphatic carbocycles. The molecule has 1 fully saturated rings. The summed E-state index contributed by atoms with van der Waals surface area (Å²) >= 11 is 0. The molecule has 1 heterocycles. The first-order valence-corrected chi connectivity index (χ1v) is 8.53. The number of amides is 2. The summed E-state index contributed by atoms with van der Waals surface area (Å²) in [6, 6.07) is 8.29. The maximum atomic E-state index is 13.0. The van der Waals surface area contributed by atoms with Gasteiger partial charge in [0.2, 0.25) is 0 Å². The number of hydrogen-bond donors (Lipinski definition) is 1. The van der Waals surface area contributed by atoms with E-state index < -0.39 is 5.91 Å². The highest BCUT2D eigenvalue weighted by Crippen LogP contribution is 2.26. The molecule has 2 aromatic rings. The molecule has 1 aromatic heterocycles. The predicted octanol–water partition coefficient (Wildman–Crippen LogP) is 2.47. The van der Waals surface area contributed by atoms with Crippen molar-refractivity contribution >= 4 is 11.8 Å². The van der Waals surface area contributed by atoms with Crippen LogP contribution in [-0.2, 0) is 6.54 Å². The fourth-order valence-corrected chi connectivity index (χ4v) is 3.27. The minimum Gasteiger partial charge on any atom is -0.364 e. The third-order valence-corrected chi connectivity index (χ3v) is 4.75. The van der Waals surface area contributed by atoms with Crippen molar-refractivity contribution in [3.05, 3.63) is 59.2 Å². The second-order valence-electron chi connectivity index (χ2n) is 6.45. The second kappa shape index (κ2) is 7.42. The van der Waals surface area contributed by atoms with Crippen LogP contribution >= 0.6 is 0 Å². The van der Waals surface area contributed by atoms with Crippen LogP contribution in [-0.4, -0.2) is 32.7 Å². The van der Waals surface area contributed by atoms with Crippen LogP contribution < -0.4 is 5.73 Å². The third kappa shape index (κ3) is 3.84. The molecular formula is C19H22N4O2. The lowest BCUT2D eigenvalue weighted by Gasteiger charge is -2.29. The van der Waals surface area contributed by atoms with Gasteiger partial charge in [-0.15, -0.1) is 0 Å².